The molecule has 0 bridgehead atoms. The number of rotatable bonds is 8. The SMILES string of the molecule is CCOc1ccccc1CCC(=O)NCC(O)C1CC1. The summed E-state index contributed by atoms with van der Waals surface area (Å²) in [6, 6.07) is 7.79. The predicted octanol–water partition coefficient (Wildman–Crippen LogP) is 1.91. The molecule has 1 aliphatic rings. The number of aliphatic hydroxyl groups excluding tert-OH is 1. The van der Waals surface area contributed by atoms with E-state index in [-0.39, 0.29) is 12.0 Å². The van der Waals surface area contributed by atoms with Crippen molar-refractivity contribution in [3.05, 3.63) is 29.8 Å². The first-order chi connectivity index (χ1) is 9.70. The predicted molar refractivity (Wildman–Crippen MR) is 77.7 cm³/mol. The van der Waals surface area contributed by atoms with Crippen LogP contribution in [0.1, 0.15) is 31.7 Å². The number of benzene rings is 1. The molecular formula is C16H23NO3. The zero-order valence-corrected chi connectivity index (χ0v) is 12.0. The zero-order chi connectivity index (χ0) is 14.4. The van der Waals surface area contributed by atoms with Gasteiger partial charge in [0, 0.05) is 13.0 Å². The van der Waals surface area contributed by atoms with Crippen molar-refractivity contribution in [2.75, 3.05) is 13.2 Å². The number of para-hydroxylation sites is 1. The van der Waals surface area contributed by atoms with E-state index in [1.54, 1.807) is 0 Å². The first kappa shape index (κ1) is 14.9. The van der Waals surface area contributed by atoms with Crippen LogP contribution in [0.5, 0.6) is 5.75 Å². The molecular weight excluding hydrogens is 254 g/mol. The monoisotopic (exact) mass is 277 g/mol. The Kier molecular flexibility index (Phi) is 5.41. The van der Waals surface area contributed by atoms with Crippen molar-refractivity contribution >= 4 is 5.91 Å². The summed E-state index contributed by atoms with van der Waals surface area (Å²) in [6.07, 6.45) is 2.86. The largest absolute Gasteiger partial charge is 0.494 e. The van der Waals surface area contributed by atoms with Gasteiger partial charge in [0.2, 0.25) is 5.91 Å². The van der Waals surface area contributed by atoms with Crippen molar-refractivity contribution in [2.45, 2.75) is 38.7 Å². The number of amides is 1. The molecule has 1 aromatic carbocycles. The third-order valence-corrected chi connectivity index (χ3v) is 3.57. The molecule has 2 N–H and O–H groups in total. The lowest BCUT2D eigenvalue weighted by atomic mass is 10.1. The maximum Gasteiger partial charge on any atom is 0.220 e. The van der Waals surface area contributed by atoms with Gasteiger partial charge in [0.1, 0.15) is 5.75 Å². The average molecular weight is 277 g/mol. The van der Waals surface area contributed by atoms with E-state index in [2.05, 4.69) is 5.32 Å². The van der Waals surface area contributed by atoms with Crippen LogP contribution in [0.2, 0.25) is 0 Å². The Morgan fingerprint density at radius 1 is 1.45 bits per heavy atom. The lowest BCUT2D eigenvalue weighted by Gasteiger charge is -2.12. The number of carbonyl (C=O) groups excluding carboxylic acids is 1. The minimum Gasteiger partial charge on any atom is -0.494 e. The van der Waals surface area contributed by atoms with Crippen molar-refractivity contribution in [2.24, 2.45) is 5.92 Å². The van der Waals surface area contributed by atoms with E-state index in [0.29, 0.717) is 31.9 Å². The highest BCUT2D eigenvalue weighted by atomic mass is 16.5. The molecule has 4 heteroatoms. The highest BCUT2D eigenvalue weighted by molar-refractivity contribution is 5.76. The van der Waals surface area contributed by atoms with Gasteiger partial charge in [-0.3, -0.25) is 4.79 Å². The third kappa shape index (κ3) is 4.53. The van der Waals surface area contributed by atoms with Crippen LogP contribution in [0.4, 0.5) is 0 Å². The van der Waals surface area contributed by atoms with Gasteiger partial charge in [0.15, 0.2) is 0 Å². The Balaban J connectivity index is 1.74. The molecule has 1 aromatic rings. The van der Waals surface area contributed by atoms with E-state index >= 15 is 0 Å². The van der Waals surface area contributed by atoms with E-state index in [0.717, 1.165) is 24.2 Å². The molecule has 1 amide bonds. The van der Waals surface area contributed by atoms with Gasteiger partial charge in [0.25, 0.3) is 0 Å². The molecule has 0 heterocycles. The number of nitrogens with one attached hydrogen (secondary N) is 1. The minimum atomic E-state index is -0.380. The highest BCUT2D eigenvalue weighted by Crippen LogP contribution is 2.32. The Labute approximate surface area is 120 Å². The molecule has 0 radical (unpaired) electrons. The molecule has 0 saturated heterocycles. The Morgan fingerprint density at radius 3 is 2.90 bits per heavy atom. The zero-order valence-electron chi connectivity index (χ0n) is 12.0. The summed E-state index contributed by atoms with van der Waals surface area (Å²) in [5, 5.41) is 12.5. The maximum atomic E-state index is 11.8. The average Bonchev–Trinajstić information content (AvgIpc) is 3.29. The standard InChI is InChI=1S/C16H23NO3/c1-2-20-15-6-4-3-5-13(15)9-10-16(19)17-11-14(18)12-7-8-12/h3-6,12,14,18H,2,7-11H2,1H3,(H,17,19). The van der Waals surface area contributed by atoms with E-state index in [4.69, 9.17) is 4.74 Å². The van der Waals surface area contributed by atoms with Crippen molar-refractivity contribution in [1.29, 1.82) is 0 Å². The fourth-order valence-corrected chi connectivity index (χ4v) is 2.21. The Bertz CT molecular complexity index is 443. The van der Waals surface area contributed by atoms with E-state index < -0.39 is 0 Å². The van der Waals surface area contributed by atoms with Gasteiger partial charge in [-0.1, -0.05) is 18.2 Å². The van der Waals surface area contributed by atoms with Crippen LogP contribution in [-0.4, -0.2) is 30.3 Å². The molecule has 110 valence electrons. The summed E-state index contributed by atoms with van der Waals surface area (Å²) >= 11 is 0. The lowest BCUT2D eigenvalue weighted by molar-refractivity contribution is -0.121. The van der Waals surface area contributed by atoms with Gasteiger partial charge in [-0.2, -0.15) is 0 Å². The number of aliphatic hydroxyl groups is 1. The van der Waals surface area contributed by atoms with Crippen LogP contribution in [0.15, 0.2) is 24.3 Å². The van der Waals surface area contributed by atoms with Gasteiger partial charge >= 0.3 is 0 Å². The van der Waals surface area contributed by atoms with E-state index in [1.807, 2.05) is 31.2 Å². The lowest BCUT2D eigenvalue weighted by Crippen LogP contribution is -2.33. The van der Waals surface area contributed by atoms with Crippen molar-refractivity contribution in [3.63, 3.8) is 0 Å². The maximum absolute atomic E-state index is 11.8. The molecule has 0 spiro atoms. The fourth-order valence-electron chi connectivity index (χ4n) is 2.21. The van der Waals surface area contributed by atoms with Gasteiger partial charge in [0.05, 0.1) is 12.7 Å². The van der Waals surface area contributed by atoms with Crippen molar-refractivity contribution < 1.29 is 14.6 Å². The summed E-state index contributed by atoms with van der Waals surface area (Å²) < 4.78 is 5.54. The Morgan fingerprint density at radius 2 is 2.20 bits per heavy atom. The third-order valence-electron chi connectivity index (χ3n) is 3.57. The number of carbonyl (C=O) groups is 1. The first-order valence-corrected chi connectivity index (χ1v) is 7.36. The minimum absolute atomic E-state index is 0.0176. The number of ether oxygens (including phenoxy) is 1. The van der Waals surface area contributed by atoms with Crippen LogP contribution < -0.4 is 10.1 Å². The summed E-state index contributed by atoms with van der Waals surface area (Å²) in [5.41, 5.74) is 1.05. The molecule has 1 unspecified atom stereocenters. The second kappa shape index (κ2) is 7.29. The second-order valence-corrected chi connectivity index (χ2v) is 5.25. The van der Waals surface area contributed by atoms with Crippen LogP contribution >= 0.6 is 0 Å². The van der Waals surface area contributed by atoms with Gasteiger partial charge in [-0.25, -0.2) is 0 Å². The molecule has 0 aliphatic heterocycles. The smallest absolute Gasteiger partial charge is 0.220 e. The molecule has 2 rings (SSSR count). The highest BCUT2D eigenvalue weighted by Gasteiger charge is 2.29. The summed E-state index contributed by atoms with van der Waals surface area (Å²) in [6.45, 7) is 2.94. The molecule has 4 nitrogen and oxygen atoms in total. The summed E-state index contributed by atoms with van der Waals surface area (Å²) in [7, 11) is 0. The normalized spacial score (nSPS) is 15.7. The van der Waals surface area contributed by atoms with Crippen LogP contribution in [0.25, 0.3) is 0 Å². The van der Waals surface area contributed by atoms with Gasteiger partial charge in [-0.05, 0) is 43.7 Å². The molecule has 20 heavy (non-hydrogen) atoms. The van der Waals surface area contributed by atoms with Crippen LogP contribution in [0.3, 0.4) is 0 Å². The topological polar surface area (TPSA) is 58.6 Å². The van der Waals surface area contributed by atoms with Crippen LogP contribution in [0, 0.1) is 5.92 Å². The first-order valence-electron chi connectivity index (χ1n) is 7.36. The Hall–Kier alpha value is -1.55. The molecule has 0 aromatic heterocycles. The van der Waals surface area contributed by atoms with Gasteiger partial charge < -0.3 is 15.2 Å². The molecule has 1 aliphatic carbocycles. The van der Waals surface area contributed by atoms with E-state index in [1.165, 1.54) is 0 Å². The van der Waals surface area contributed by atoms with Crippen molar-refractivity contribution in [1.82, 2.24) is 5.32 Å². The molecule has 1 fully saturated rings. The van der Waals surface area contributed by atoms with Crippen LogP contribution in [-0.2, 0) is 11.2 Å². The molecule has 1 saturated carbocycles. The molecule has 1 atom stereocenters. The van der Waals surface area contributed by atoms with E-state index in [9.17, 15) is 9.90 Å². The number of hydrogen-bond donors (Lipinski definition) is 2. The fraction of sp³-hybridized carbons (Fsp3) is 0.562. The number of hydrogen-bond acceptors (Lipinski definition) is 3. The quantitative estimate of drug-likeness (QED) is 0.763. The number of aryl methyl sites for hydroxylation is 1. The summed E-state index contributed by atoms with van der Waals surface area (Å²) in [5.74, 6) is 1.23. The van der Waals surface area contributed by atoms with Crippen molar-refractivity contribution in [3.8, 4) is 5.75 Å². The summed E-state index contributed by atoms with van der Waals surface area (Å²) in [4.78, 5) is 11.8. The van der Waals surface area contributed by atoms with Gasteiger partial charge in [-0.15, -0.1) is 0 Å². The second-order valence-electron chi connectivity index (χ2n) is 5.25.